The molecule has 27 heavy (non-hydrogen) atoms. The first kappa shape index (κ1) is 19.2. The Labute approximate surface area is 163 Å². The number of aromatic nitrogens is 2. The number of hydrogen-bond donors (Lipinski definition) is 1. The average Bonchev–Trinajstić information content (AvgIpc) is 3.17. The Morgan fingerprint density at radius 3 is 2.89 bits per heavy atom. The molecular weight excluding hydrogens is 366 g/mol. The Morgan fingerprint density at radius 2 is 2.22 bits per heavy atom. The van der Waals surface area contributed by atoms with Crippen molar-refractivity contribution in [1.29, 1.82) is 0 Å². The Hall–Kier alpha value is -2.54. The van der Waals surface area contributed by atoms with Gasteiger partial charge in [0.05, 0.1) is 18.3 Å². The molecule has 2 aromatic rings. The molecule has 0 bridgehead atoms. The van der Waals surface area contributed by atoms with Crippen molar-refractivity contribution in [1.82, 2.24) is 20.0 Å². The van der Waals surface area contributed by atoms with Crippen molar-refractivity contribution in [2.24, 2.45) is 0 Å². The molecule has 1 aliphatic heterocycles. The molecule has 1 fully saturated rings. The number of benzene rings is 1. The molecule has 0 unspecified atom stereocenters. The third-order valence-electron chi connectivity index (χ3n) is 4.70. The number of rotatable bonds is 5. The molecule has 2 heterocycles. The van der Waals surface area contributed by atoms with Crippen molar-refractivity contribution >= 4 is 29.2 Å². The molecular formula is C19H24ClN5O2. The van der Waals surface area contributed by atoms with Gasteiger partial charge in [-0.25, -0.2) is 4.79 Å². The van der Waals surface area contributed by atoms with Crippen molar-refractivity contribution in [2.45, 2.75) is 39.4 Å². The SMILES string of the molecule is CCn1cc(CN(C)C(=O)N[C@@H]2CC(=O)N(c3cccc(Cl)c3)C2)c(C)n1. The number of nitrogens with zero attached hydrogens (tertiary/aromatic N) is 4. The molecule has 1 N–H and O–H groups in total. The molecule has 1 atom stereocenters. The monoisotopic (exact) mass is 389 g/mol. The van der Waals surface area contributed by atoms with Crippen LogP contribution in [0.25, 0.3) is 0 Å². The fourth-order valence-electron chi connectivity index (χ4n) is 3.19. The highest BCUT2D eigenvalue weighted by Crippen LogP contribution is 2.24. The molecule has 3 amide bonds. The zero-order valence-corrected chi connectivity index (χ0v) is 16.5. The van der Waals surface area contributed by atoms with Crippen LogP contribution in [0, 0.1) is 6.92 Å². The number of aryl methyl sites for hydroxylation is 2. The second-order valence-corrected chi connectivity index (χ2v) is 7.22. The van der Waals surface area contributed by atoms with Gasteiger partial charge in [-0.15, -0.1) is 0 Å². The van der Waals surface area contributed by atoms with E-state index in [-0.39, 0.29) is 24.4 Å². The summed E-state index contributed by atoms with van der Waals surface area (Å²) in [6.45, 7) is 5.66. The quantitative estimate of drug-likeness (QED) is 0.854. The molecule has 0 spiro atoms. The van der Waals surface area contributed by atoms with Crippen LogP contribution in [0.1, 0.15) is 24.6 Å². The number of anilines is 1. The van der Waals surface area contributed by atoms with Crippen LogP contribution in [0.2, 0.25) is 5.02 Å². The Bertz CT molecular complexity index is 850. The van der Waals surface area contributed by atoms with Crippen LogP contribution < -0.4 is 10.2 Å². The molecule has 7 nitrogen and oxygen atoms in total. The van der Waals surface area contributed by atoms with Crippen molar-refractivity contribution in [2.75, 3.05) is 18.5 Å². The minimum atomic E-state index is -0.231. The molecule has 1 aromatic carbocycles. The molecule has 0 aliphatic carbocycles. The number of amides is 3. The summed E-state index contributed by atoms with van der Waals surface area (Å²) in [5.74, 6) is -0.0229. The van der Waals surface area contributed by atoms with Gasteiger partial charge in [0.1, 0.15) is 0 Å². The lowest BCUT2D eigenvalue weighted by molar-refractivity contribution is -0.117. The van der Waals surface area contributed by atoms with Crippen LogP contribution in [0.3, 0.4) is 0 Å². The highest BCUT2D eigenvalue weighted by molar-refractivity contribution is 6.30. The van der Waals surface area contributed by atoms with Crippen LogP contribution >= 0.6 is 11.6 Å². The van der Waals surface area contributed by atoms with E-state index in [1.54, 1.807) is 29.0 Å². The number of hydrogen-bond acceptors (Lipinski definition) is 3. The van der Waals surface area contributed by atoms with Gasteiger partial charge in [-0.2, -0.15) is 5.10 Å². The van der Waals surface area contributed by atoms with Crippen LogP contribution in [0.5, 0.6) is 0 Å². The average molecular weight is 390 g/mol. The first-order valence-corrected chi connectivity index (χ1v) is 9.35. The van der Waals surface area contributed by atoms with Crippen LogP contribution in [0.15, 0.2) is 30.5 Å². The van der Waals surface area contributed by atoms with Crippen LogP contribution in [0.4, 0.5) is 10.5 Å². The number of carbonyl (C=O) groups excluding carboxylic acids is 2. The second-order valence-electron chi connectivity index (χ2n) is 6.79. The van der Waals surface area contributed by atoms with Gasteiger partial charge >= 0.3 is 6.03 Å². The molecule has 144 valence electrons. The maximum absolute atomic E-state index is 12.5. The van der Waals surface area contributed by atoms with Gasteiger partial charge in [0, 0.05) is 49.0 Å². The predicted molar refractivity (Wildman–Crippen MR) is 105 cm³/mol. The summed E-state index contributed by atoms with van der Waals surface area (Å²) >= 11 is 6.01. The minimum Gasteiger partial charge on any atom is -0.333 e. The number of urea groups is 1. The summed E-state index contributed by atoms with van der Waals surface area (Å²) in [6, 6.07) is 6.74. The van der Waals surface area contributed by atoms with E-state index in [0.717, 1.165) is 23.5 Å². The van der Waals surface area contributed by atoms with E-state index in [9.17, 15) is 9.59 Å². The molecule has 1 aromatic heterocycles. The van der Waals surface area contributed by atoms with Gasteiger partial charge in [-0.3, -0.25) is 9.48 Å². The fourth-order valence-corrected chi connectivity index (χ4v) is 3.37. The maximum Gasteiger partial charge on any atom is 0.317 e. The highest BCUT2D eigenvalue weighted by atomic mass is 35.5. The number of nitrogens with one attached hydrogen (secondary N) is 1. The molecule has 8 heteroatoms. The first-order valence-electron chi connectivity index (χ1n) is 8.98. The Balaban J connectivity index is 1.59. The second kappa shape index (κ2) is 8.00. The van der Waals surface area contributed by atoms with Crippen molar-refractivity contribution in [3.63, 3.8) is 0 Å². The molecule has 0 radical (unpaired) electrons. The molecule has 0 saturated carbocycles. The number of carbonyl (C=O) groups is 2. The Kier molecular flexibility index (Phi) is 5.70. The number of halogens is 1. The zero-order chi connectivity index (χ0) is 19.6. The van der Waals surface area contributed by atoms with E-state index in [1.165, 1.54) is 0 Å². The van der Waals surface area contributed by atoms with E-state index in [4.69, 9.17) is 11.6 Å². The third kappa shape index (κ3) is 4.42. The summed E-state index contributed by atoms with van der Waals surface area (Å²) in [5, 5.41) is 7.93. The van der Waals surface area contributed by atoms with Crippen LogP contribution in [-0.2, 0) is 17.9 Å². The standard InChI is InChI=1S/C19H24ClN5O2/c1-4-24-11-14(13(2)22-24)10-23(3)19(27)21-16-9-18(26)25(12-16)17-7-5-6-15(20)8-17/h5-8,11,16H,4,9-10,12H2,1-3H3,(H,21,27)/t16-/m1/s1. The Morgan fingerprint density at radius 1 is 1.44 bits per heavy atom. The van der Waals surface area contributed by atoms with E-state index < -0.39 is 0 Å². The van der Waals surface area contributed by atoms with Crippen LogP contribution in [-0.4, -0.2) is 46.3 Å². The normalized spacial score (nSPS) is 16.7. The van der Waals surface area contributed by atoms with Crippen molar-refractivity contribution < 1.29 is 9.59 Å². The van der Waals surface area contributed by atoms with E-state index in [1.807, 2.05) is 36.9 Å². The van der Waals surface area contributed by atoms with Crippen molar-refractivity contribution in [3.8, 4) is 0 Å². The van der Waals surface area contributed by atoms with E-state index in [0.29, 0.717) is 18.1 Å². The summed E-state index contributed by atoms with van der Waals surface area (Å²) in [5.41, 5.74) is 2.68. The fraction of sp³-hybridized carbons (Fsp3) is 0.421. The molecule has 3 rings (SSSR count). The largest absolute Gasteiger partial charge is 0.333 e. The van der Waals surface area contributed by atoms with Gasteiger partial charge in [-0.1, -0.05) is 17.7 Å². The highest BCUT2D eigenvalue weighted by Gasteiger charge is 2.32. The summed E-state index contributed by atoms with van der Waals surface area (Å²) < 4.78 is 1.86. The lowest BCUT2D eigenvalue weighted by Crippen LogP contribution is -2.44. The topological polar surface area (TPSA) is 70.5 Å². The summed E-state index contributed by atoms with van der Waals surface area (Å²) in [4.78, 5) is 28.1. The lowest BCUT2D eigenvalue weighted by atomic mass is 10.2. The van der Waals surface area contributed by atoms with Crippen molar-refractivity contribution in [3.05, 3.63) is 46.7 Å². The predicted octanol–water partition coefficient (Wildman–Crippen LogP) is 2.81. The van der Waals surface area contributed by atoms with Gasteiger partial charge < -0.3 is 15.1 Å². The summed E-state index contributed by atoms with van der Waals surface area (Å²) in [7, 11) is 1.74. The minimum absolute atomic E-state index is 0.0229. The van der Waals surface area contributed by atoms with Gasteiger partial charge in [0.2, 0.25) is 5.91 Å². The zero-order valence-electron chi connectivity index (χ0n) is 15.8. The first-order chi connectivity index (χ1) is 12.9. The van der Waals surface area contributed by atoms with E-state index >= 15 is 0 Å². The van der Waals surface area contributed by atoms with E-state index in [2.05, 4.69) is 10.4 Å². The summed E-state index contributed by atoms with van der Waals surface area (Å²) in [6.07, 6.45) is 2.23. The lowest BCUT2D eigenvalue weighted by Gasteiger charge is -2.21. The van der Waals surface area contributed by atoms with Gasteiger partial charge in [0.15, 0.2) is 0 Å². The molecule has 1 saturated heterocycles. The molecule has 1 aliphatic rings. The van der Waals surface area contributed by atoms with Gasteiger partial charge in [-0.05, 0) is 32.0 Å². The third-order valence-corrected chi connectivity index (χ3v) is 4.93. The maximum atomic E-state index is 12.5. The smallest absolute Gasteiger partial charge is 0.317 e. The van der Waals surface area contributed by atoms with Gasteiger partial charge in [0.25, 0.3) is 0 Å².